The Morgan fingerprint density at radius 3 is 1.10 bits per heavy atom. The Balaban J connectivity index is 0.000000138. The zero-order valence-corrected chi connectivity index (χ0v) is 56.6. The molecule has 484 valence electrons. The molecular formula is C96H62N4O2S. The number of thiophene rings is 1. The summed E-state index contributed by atoms with van der Waals surface area (Å²) >= 11 is 1.84. The van der Waals surface area contributed by atoms with Gasteiger partial charge in [-0.15, -0.1) is 11.3 Å². The third-order valence-corrected chi connectivity index (χ3v) is 21.6. The summed E-state index contributed by atoms with van der Waals surface area (Å²) in [5, 5.41) is 12.0. The first kappa shape index (κ1) is 59.6. The quantitative estimate of drug-likeness (QED) is 0.129. The molecule has 0 spiro atoms. The second kappa shape index (κ2) is 24.8. The lowest BCUT2D eigenvalue weighted by Crippen LogP contribution is -2.11. The molecule has 103 heavy (non-hydrogen) atoms. The van der Waals surface area contributed by atoms with Crippen molar-refractivity contribution in [3.63, 3.8) is 0 Å². The van der Waals surface area contributed by atoms with Gasteiger partial charge in [0, 0.05) is 86.6 Å². The monoisotopic (exact) mass is 1330 g/mol. The van der Waals surface area contributed by atoms with Crippen LogP contribution >= 0.6 is 11.3 Å². The van der Waals surface area contributed by atoms with Crippen molar-refractivity contribution in [2.24, 2.45) is 0 Å². The zero-order valence-electron chi connectivity index (χ0n) is 55.8. The van der Waals surface area contributed by atoms with Gasteiger partial charge in [0.25, 0.3) is 0 Å². The van der Waals surface area contributed by atoms with E-state index in [0.29, 0.717) is 0 Å². The van der Waals surface area contributed by atoms with Crippen LogP contribution in [0.1, 0.15) is 0 Å². The van der Waals surface area contributed by atoms with E-state index >= 15 is 0 Å². The topological polar surface area (TPSA) is 42.6 Å². The molecule has 5 aromatic heterocycles. The summed E-state index contributed by atoms with van der Waals surface area (Å²) in [5.74, 6) is 0. The SMILES string of the molecule is c1cc(-c2ccccc2-n2c3ccccc3c3ccccc32)cc(N(c2cccc3c2oc2ccccc23)c2cccc3c2sc2ccccc23)c1.c1ccc(-c2ccccc2N(c2cccc(-c3ccccc3-n3c4ccccc4c4ccccc43)c2)c2cccc3c2oc2ccccc23)cc1. The molecule has 16 aromatic carbocycles. The van der Waals surface area contributed by atoms with Crippen LogP contribution in [0, 0.1) is 0 Å². The van der Waals surface area contributed by atoms with Gasteiger partial charge in [-0.1, -0.05) is 273 Å². The molecule has 0 N–H and O–H groups in total. The Labute approximate surface area is 597 Å². The van der Waals surface area contributed by atoms with Crippen molar-refractivity contribution in [2.45, 2.75) is 0 Å². The molecular weight excluding hydrogens is 1270 g/mol. The fourth-order valence-corrected chi connectivity index (χ4v) is 17.1. The number of nitrogens with zero attached hydrogens (tertiary/aromatic N) is 4. The maximum atomic E-state index is 6.70. The number of para-hydroxylation sites is 11. The van der Waals surface area contributed by atoms with E-state index in [1.165, 1.54) is 63.8 Å². The van der Waals surface area contributed by atoms with Crippen molar-refractivity contribution in [1.82, 2.24) is 9.13 Å². The highest BCUT2D eigenvalue weighted by Crippen LogP contribution is 2.51. The van der Waals surface area contributed by atoms with Crippen LogP contribution in [-0.4, -0.2) is 9.13 Å². The molecule has 0 bridgehead atoms. The minimum atomic E-state index is 0.859. The van der Waals surface area contributed by atoms with Crippen molar-refractivity contribution in [1.29, 1.82) is 0 Å². The van der Waals surface area contributed by atoms with Crippen molar-refractivity contribution >= 4 is 153 Å². The number of rotatable bonds is 11. The maximum Gasteiger partial charge on any atom is 0.159 e. The number of aromatic nitrogens is 2. The number of anilines is 6. The molecule has 7 heteroatoms. The molecule has 21 aromatic rings. The summed E-state index contributed by atoms with van der Waals surface area (Å²) in [4.78, 5) is 4.76. The van der Waals surface area contributed by atoms with Crippen LogP contribution < -0.4 is 9.80 Å². The minimum absolute atomic E-state index is 0.859. The Bertz CT molecular complexity index is 6650. The highest BCUT2D eigenvalue weighted by Gasteiger charge is 2.27. The summed E-state index contributed by atoms with van der Waals surface area (Å²) in [7, 11) is 0. The molecule has 0 saturated heterocycles. The van der Waals surface area contributed by atoms with Crippen LogP contribution in [0.15, 0.2) is 385 Å². The smallest absolute Gasteiger partial charge is 0.159 e. The fourth-order valence-electron chi connectivity index (χ4n) is 15.9. The number of hydrogen-bond acceptors (Lipinski definition) is 5. The van der Waals surface area contributed by atoms with Crippen molar-refractivity contribution < 1.29 is 8.83 Å². The maximum absolute atomic E-state index is 6.70. The van der Waals surface area contributed by atoms with Crippen LogP contribution in [0.5, 0.6) is 0 Å². The molecule has 0 saturated carbocycles. The molecule has 6 nitrogen and oxygen atoms in total. The normalized spacial score (nSPS) is 11.7. The van der Waals surface area contributed by atoms with E-state index in [1.54, 1.807) is 0 Å². The lowest BCUT2D eigenvalue weighted by molar-refractivity contribution is 0.669. The zero-order chi connectivity index (χ0) is 67.9. The van der Waals surface area contributed by atoms with Gasteiger partial charge in [0.05, 0.1) is 60.9 Å². The van der Waals surface area contributed by atoms with Gasteiger partial charge < -0.3 is 27.8 Å². The first-order chi connectivity index (χ1) is 51.1. The predicted octanol–water partition coefficient (Wildman–Crippen LogP) is 27.7. The molecule has 0 unspecified atom stereocenters. The second-order valence-electron chi connectivity index (χ2n) is 26.2. The molecule has 0 aliphatic heterocycles. The summed E-state index contributed by atoms with van der Waals surface area (Å²) in [6, 6.07) is 134. The first-order valence-electron chi connectivity index (χ1n) is 35.0. The van der Waals surface area contributed by atoms with Crippen LogP contribution in [0.4, 0.5) is 34.1 Å². The summed E-state index contributed by atoms with van der Waals surface area (Å²) in [5.41, 5.74) is 23.7. The molecule has 0 radical (unpaired) electrons. The largest absolute Gasteiger partial charge is 0.454 e. The molecule has 5 heterocycles. The summed E-state index contributed by atoms with van der Waals surface area (Å²) < 4.78 is 20.7. The number of furan rings is 2. The van der Waals surface area contributed by atoms with E-state index in [-0.39, 0.29) is 0 Å². The van der Waals surface area contributed by atoms with Crippen LogP contribution in [0.2, 0.25) is 0 Å². The molecule has 0 aliphatic carbocycles. The lowest BCUT2D eigenvalue weighted by atomic mass is 9.99. The molecule has 21 rings (SSSR count). The van der Waals surface area contributed by atoms with E-state index in [1.807, 2.05) is 29.5 Å². The van der Waals surface area contributed by atoms with E-state index in [2.05, 4.69) is 377 Å². The Morgan fingerprint density at radius 1 is 0.233 bits per heavy atom. The lowest BCUT2D eigenvalue weighted by Gasteiger charge is -2.28. The Hall–Kier alpha value is -13.5. The summed E-state index contributed by atoms with van der Waals surface area (Å²) in [6.07, 6.45) is 0. The standard InChI is InChI=1S/C48H30N2OS.C48H32N2O/c1-6-23-40(50-41-24-7-2-17-34(41)35-18-3-8-25-42(35)50)33(16-1)31-14-11-15-32(30-31)49(43-26-12-21-38-36-19-4-9-28-45(36)51-47(38)43)44-27-13-22-39-37-20-5-10-29-46(37)52-48(39)44;1-2-16-33(17-3-1)36-20-4-9-26-42(36)49(46-30-15-25-41-40-24-8-13-31-47(40)51-48(41)46)35-19-14-18-34(32-35)37-21-5-10-27-43(37)50-44-28-11-6-22-38(44)39-23-7-12-29-45(39)50/h1-30H;1-32H. The molecule has 0 fully saturated rings. The third-order valence-electron chi connectivity index (χ3n) is 20.4. The third kappa shape index (κ3) is 9.92. The van der Waals surface area contributed by atoms with Crippen molar-refractivity contribution in [2.75, 3.05) is 9.80 Å². The van der Waals surface area contributed by atoms with Crippen molar-refractivity contribution in [3.05, 3.63) is 376 Å². The van der Waals surface area contributed by atoms with E-state index in [4.69, 9.17) is 8.83 Å². The molecule has 0 amide bonds. The highest BCUT2D eigenvalue weighted by molar-refractivity contribution is 7.26. The average molecular weight is 1340 g/mol. The Morgan fingerprint density at radius 2 is 0.583 bits per heavy atom. The number of hydrogen-bond donors (Lipinski definition) is 0. The highest BCUT2D eigenvalue weighted by atomic mass is 32.1. The van der Waals surface area contributed by atoms with Crippen LogP contribution in [0.25, 0.3) is 152 Å². The van der Waals surface area contributed by atoms with Gasteiger partial charge in [-0.25, -0.2) is 0 Å². The number of fused-ring (bicyclic) bond motifs is 15. The molecule has 0 aliphatic rings. The van der Waals surface area contributed by atoms with Crippen LogP contribution in [0.3, 0.4) is 0 Å². The minimum Gasteiger partial charge on any atom is -0.454 e. The predicted molar refractivity (Wildman–Crippen MR) is 435 cm³/mol. The van der Waals surface area contributed by atoms with E-state index in [0.717, 1.165) is 123 Å². The van der Waals surface area contributed by atoms with Gasteiger partial charge in [0.2, 0.25) is 0 Å². The molecule has 0 atom stereocenters. The average Bonchev–Trinajstić information content (AvgIpc) is 1.69. The van der Waals surface area contributed by atoms with Gasteiger partial charge in [-0.05, 0) is 120 Å². The Kier molecular flexibility index (Phi) is 14.3. The van der Waals surface area contributed by atoms with Crippen molar-refractivity contribution in [3.8, 4) is 44.8 Å². The van der Waals surface area contributed by atoms with Gasteiger partial charge >= 0.3 is 0 Å². The van der Waals surface area contributed by atoms with Gasteiger partial charge in [0.15, 0.2) is 11.2 Å². The first-order valence-corrected chi connectivity index (χ1v) is 35.8. The van der Waals surface area contributed by atoms with Gasteiger partial charge in [0.1, 0.15) is 11.2 Å². The van der Waals surface area contributed by atoms with E-state index in [9.17, 15) is 0 Å². The fraction of sp³-hybridized carbons (Fsp3) is 0. The summed E-state index contributed by atoms with van der Waals surface area (Å²) in [6.45, 7) is 0. The van der Waals surface area contributed by atoms with E-state index < -0.39 is 0 Å². The number of benzene rings is 16. The van der Waals surface area contributed by atoms with Gasteiger partial charge in [-0.2, -0.15) is 0 Å². The van der Waals surface area contributed by atoms with Gasteiger partial charge in [-0.3, -0.25) is 0 Å². The van der Waals surface area contributed by atoms with Crippen LogP contribution in [-0.2, 0) is 0 Å². The second-order valence-corrected chi connectivity index (χ2v) is 27.2.